The topological polar surface area (TPSA) is 35.5 Å². The Morgan fingerprint density at radius 1 is 1.32 bits per heavy atom. The normalized spacial score (nSPS) is 13.4. The van der Waals surface area contributed by atoms with Crippen LogP contribution in [0, 0.1) is 0 Å². The largest absolute Gasteiger partial charge is 0.389 e. The van der Waals surface area contributed by atoms with Crippen molar-refractivity contribution in [3.63, 3.8) is 0 Å². The summed E-state index contributed by atoms with van der Waals surface area (Å²) in [5, 5.41) is 13.5. The van der Waals surface area contributed by atoms with Gasteiger partial charge in [-0.2, -0.15) is 0 Å². The first-order valence-electron chi connectivity index (χ1n) is 7.11. The van der Waals surface area contributed by atoms with Crippen molar-refractivity contribution >= 4 is 5.69 Å². The molecule has 0 aliphatic carbocycles. The number of rotatable bonds is 7. The van der Waals surface area contributed by atoms with Crippen LogP contribution in [-0.4, -0.2) is 30.8 Å². The van der Waals surface area contributed by atoms with Gasteiger partial charge in [0, 0.05) is 25.3 Å². The van der Waals surface area contributed by atoms with E-state index in [2.05, 4.69) is 42.3 Å². The number of para-hydroxylation sites is 1. The van der Waals surface area contributed by atoms with Gasteiger partial charge in [-0.25, -0.2) is 0 Å². The molecule has 1 rings (SSSR count). The van der Waals surface area contributed by atoms with E-state index in [1.807, 2.05) is 27.0 Å². The van der Waals surface area contributed by atoms with E-state index in [9.17, 15) is 5.11 Å². The molecule has 19 heavy (non-hydrogen) atoms. The summed E-state index contributed by atoms with van der Waals surface area (Å²) in [6, 6.07) is 8.71. The summed E-state index contributed by atoms with van der Waals surface area (Å²) in [6.45, 7) is 9.67. The predicted octanol–water partition coefficient (Wildman–Crippen LogP) is 2.95. The third kappa shape index (κ3) is 5.21. The van der Waals surface area contributed by atoms with Gasteiger partial charge in [0.05, 0.1) is 5.60 Å². The van der Waals surface area contributed by atoms with Gasteiger partial charge in [0.25, 0.3) is 0 Å². The van der Waals surface area contributed by atoms with Gasteiger partial charge < -0.3 is 15.3 Å². The van der Waals surface area contributed by atoms with Crippen molar-refractivity contribution in [1.29, 1.82) is 0 Å². The summed E-state index contributed by atoms with van der Waals surface area (Å²) in [6.07, 6.45) is 1.13. The average molecular weight is 264 g/mol. The van der Waals surface area contributed by atoms with Crippen molar-refractivity contribution in [3.8, 4) is 0 Å². The van der Waals surface area contributed by atoms with Crippen molar-refractivity contribution in [1.82, 2.24) is 5.32 Å². The fourth-order valence-electron chi connectivity index (χ4n) is 2.34. The lowest BCUT2D eigenvalue weighted by Crippen LogP contribution is -2.37. The Morgan fingerprint density at radius 3 is 2.53 bits per heavy atom. The molecule has 3 nitrogen and oxygen atoms in total. The zero-order valence-corrected chi connectivity index (χ0v) is 12.9. The number of hydrogen-bond donors (Lipinski definition) is 2. The lowest BCUT2D eigenvalue weighted by atomic mass is 10.0. The number of benzene rings is 1. The first-order chi connectivity index (χ1) is 8.85. The smallest absolute Gasteiger partial charge is 0.0765 e. The summed E-state index contributed by atoms with van der Waals surface area (Å²) >= 11 is 0. The molecule has 1 aromatic rings. The van der Waals surface area contributed by atoms with Crippen molar-refractivity contribution in [2.75, 3.05) is 25.0 Å². The van der Waals surface area contributed by atoms with Crippen LogP contribution in [0.15, 0.2) is 24.3 Å². The molecule has 0 fully saturated rings. The number of nitrogens with one attached hydrogen (secondary N) is 1. The fraction of sp³-hybridized carbons (Fsp3) is 0.625. The molecule has 0 heterocycles. The van der Waals surface area contributed by atoms with Crippen LogP contribution in [0.3, 0.4) is 0 Å². The molecular weight excluding hydrogens is 236 g/mol. The van der Waals surface area contributed by atoms with Crippen LogP contribution in [0.25, 0.3) is 0 Å². The Balaban J connectivity index is 2.88. The van der Waals surface area contributed by atoms with Gasteiger partial charge in [0.1, 0.15) is 0 Å². The summed E-state index contributed by atoms with van der Waals surface area (Å²) in [7, 11) is 2.03. The van der Waals surface area contributed by atoms with E-state index in [0.29, 0.717) is 12.6 Å². The van der Waals surface area contributed by atoms with Crippen molar-refractivity contribution < 1.29 is 5.11 Å². The molecule has 1 unspecified atom stereocenters. The van der Waals surface area contributed by atoms with Crippen LogP contribution in [0.5, 0.6) is 0 Å². The molecule has 0 aromatic heterocycles. The number of nitrogens with zero attached hydrogens (tertiary/aromatic N) is 1. The summed E-state index contributed by atoms with van der Waals surface area (Å²) < 4.78 is 0. The lowest BCUT2D eigenvalue weighted by molar-refractivity contribution is 0.0886. The maximum absolute atomic E-state index is 9.96. The highest BCUT2D eigenvalue weighted by Crippen LogP contribution is 2.26. The fourth-order valence-corrected chi connectivity index (χ4v) is 2.34. The van der Waals surface area contributed by atoms with Gasteiger partial charge in [0.2, 0.25) is 0 Å². The molecular formula is C16H28N2O. The highest BCUT2D eigenvalue weighted by molar-refractivity contribution is 5.54. The highest BCUT2D eigenvalue weighted by atomic mass is 16.3. The molecule has 2 N–H and O–H groups in total. The monoisotopic (exact) mass is 264 g/mol. The molecule has 0 aliphatic heterocycles. The minimum Gasteiger partial charge on any atom is -0.389 e. The van der Waals surface area contributed by atoms with E-state index >= 15 is 0 Å². The van der Waals surface area contributed by atoms with Crippen LogP contribution >= 0.6 is 0 Å². The quantitative estimate of drug-likeness (QED) is 0.795. The zero-order valence-electron chi connectivity index (χ0n) is 12.9. The Morgan fingerprint density at radius 2 is 1.95 bits per heavy atom. The Labute approximate surface area is 117 Å². The second-order valence-corrected chi connectivity index (χ2v) is 5.90. The predicted molar refractivity (Wildman–Crippen MR) is 82.7 cm³/mol. The van der Waals surface area contributed by atoms with E-state index in [4.69, 9.17) is 0 Å². The molecule has 0 radical (unpaired) electrons. The molecule has 0 amide bonds. The van der Waals surface area contributed by atoms with Crippen molar-refractivity contribution in [3.05, 3.63) is 29.8 Å². The Hall–Kier alpha value is -1.06. The Bertz CT molecular complexity index is 385. The lowest BCUT2D eigenvalue weighted by Gasteiger charge is -2.30. The molecule has 0 aliphatic rings. The van der Waals surface area contributed by atoms with Crippen LogP contribution in [0.2, 0.25) is 0 Å². The van der Waals surface area contributed by atoms with Gasteiger partial charge in [0.15, 0.2) is 0 Å². The van der Waals surface area contributed by atoms with Crippen LogP contribution in [0.4, 0.5) is 5.69 Å². The van der Waals surface area contributed by atoms with Crippen molar-refractivity contribution in [2.24, 2.45) is 0 Å². The van der Waals surface area contributed by atoms with Crippen molar-refractivity contribution in [2.45, 2.75) is 45.8 Å². The first kappa shape index (κ1) is 16.0. The zero-order chi connectivity index (χ0) is 14.5. The third-order valence-corrected chi connectivity index (χ3v) is 3.14. The maximum atomic E-state index is 9.96. The average Bonchev–Trinajstić information content (AvgIpc) is 2.34. The van der Waals surface area contributed by atoms with E-state index in [1.165, 1.54) is 11.3 Å². The number of hydrogen-bond acceptors (Lipinski definition) is 3. The molecule has 0 saturated heterocycles. The van der Waals surface area contributed by atoms with E-state index in [-0.39, 0.29) is 0 Å². The van der Waals surface area contributed by atoms with Crippen LogP contribution in [-0.2, 0) is 0 Å². The summed E-state index contributed by atoms with van der Waals surface area (Å²) in [5.41, 5.74) is 1.77. The minimum absolute atomic E-state index is 0.320. The second kappa shape index (κ2) is 6.92. The van der Waals surface area contributed by atoms with Gasteiger partial charge >= 0.3 is 0 Å². The van der Waals surface area contributed by atoms with E-state index < -0.39 is 5.60 Å². The second-order valence-electron chi connectivity index (χ2n) is 5.90. The van der Waals surface area contributed by atoms with Crippen LogP contribution in [0.1, 0.15) is 45.7 Å². The number of likely N-dealkylation sites (N-methyl/N-ethyl adjacent to an activating group) is 1. The molecule has 3 heteroatoms. The first-order valence-corrected chi connectivity index (χ1v) is 7.11. The molecule has 0 saturated carbocycles. The molecule has 1 aromatic carbocycles. The number of anilines is 1. The Kier molecular flexibility index (Phi) is 5.83. The van der Waals surface area contributed by atoms with E-state index in [0.717, 1.165) is 13.0 Å². The highest BCUT2D eigenvalue weighted by Gasteiger charge is 2.19. The SMILES string of the molecule is CCCNC(C)c1ccccc1N(C)CC(C)(C)O. The maximum Gasteiger partial charge on any atom is 0.0765 e. The molecule has 108 valence electrons. The molecule has 0 bridgehead atoms. The minimum atomic E-state index is -0.693. The third-order valence-electron chi connectivity index (χ3n) is 3.14. The standard InChI is InChI=1S/C16H28N2O/c1-6-11-17-13(2)14-9-7-8-10-15(14)18(5)12-16(3,4)19/h7-10,13,17,19H,6,11-12H2,1-5H3. The van der Waals surface area contributed by atoms with Gasteiger partial charge in [-0.15, -0.1) is 0 Å². The van der Waals surface area contributed by atoms with Gasteiger partial charge in [-0.05, 0) is 45.4 Å². The summed E-state index contributed by atoms with van der Waals surface area (Å²) in [5.74, 6) is 0. The number of aliphatic hydroxyl groups is 1. The van der Waals surface area contributed by atoms with Gasteiger partial charge in [-0.1, -0.05) is 25.1 Å². The molecule has 0 spiro atoms. The summed E-state index contributed by atoms with van der Waals surface area (Å²) in [4.78, 5) is 2.12. The van der Waals surface area contributed by atoms with E-state index in [1.54, 1.807) is 0 Å². The van der Waals surface area contributed by atoms with Crippen LogP contribution < -0.4 is 10.2 Å². The van der Waals surface area contributed by atoms with Gasteiger partial charge in [-0.3, -0.25) is 0 Å². The molecule has 1 atom stereocenters.